The molecule has 11 heteroatoms. The van der Waals surface area contributed by atoms with Gasteiger partial charge in [0.25, 0.3) is 17.1 Å². The molecule has 3 aromatic carbocycles. The molecule has 188 valence electrons. The first-order valence-electron chi connectivity index (χ1n) is 10.7. The van der Waals surface area contributed by atoms with E-state index in [9.17, 15) is 24.3 Å². The van der Waals surface area contributed by atoms with Gasteiger partial charge in [-0.1, -0.05) is 35.3 Å². The number of carbonyl (C=O) groups excluding carboxylic acids is 4. The van der Waals surface area contributed by atoms with E-state index < -0.39 is 23.0 Å². The number of phenolic OH excluding ortho intramolecular Hbond substituents is 1. The first-order chi connectivity index (χ1) is 17.7. The number of ether oxygens (including phenoxy) is 1. The Hall–Kier alpha value is -3.79. The van der Waals surface area contributed by atoms with Crippen LogP contribution in [-0.2, 0) is 16.1 Å². The molecule has 4 rings (SSSR count). The SMILES string of the molecule is COC(=O)c1ccc(NC(=O)c2cc(C=C3SC(=O)N(Cc4ccc(Cl)c(Cl)c4)C3=O)ccc2O)cc1. The molecule has 0 unspecified atom stereocenters. The van der Waals surface area contributed by atoms with Gasteiger partial charge in [-0.3, -0.25) is 19.3 Å². The minimum Gasteiger partial charge on any atom is -0.507 e. The fourth-order valence-corrected chi connectivity index (χ4v) is 4.60. The summed E-state index contributed by atoms with van der Waals surface area (Å²) >= 11 is 12.7. The minimum absolute atomic E-state index is 0.0247. The number of hydrogen-bond acceptors (Lipinski definition) is 7. The third-order valence-electron chi connectivity index (χ3n) is 5.33. The van der Waals surface area contributed by atoms with Crippen molar-refractivity contribution in [2.75, 3.05) is 12.4 Å². The van der Waals surface area contributed by atoms with Crippen molar-refractivity contribution < 1.29 is 29.0 Å². The number of nitrogens with one attached hydrogen (secondary N) is 1. The smallest absolute Gasteiger partial charge is 0.337 e. The molecular formula is C26H18Cl2N2O6S. The fraction of sp³-hybridized carbons (Fsp3) is 0.0769. The van der Waals surface area contributed by atoms with E-state index >= 15 is 0 Å². The molecule has 1 aliphatic heterocycles. The highest BCUT2D eigenvalue weighted by molar-refractivity contribution is 8.18. The number of carbonyl (C=O) groups is 4. The van der Waals surface area contributed by atoms with Crippen LogP contribution < -0.4 is 5.32 Å². The molecule has 0 atom stereocenters. The molecule has 0 aromatic heterocycles. The maximum atomic E-state index is 12.9. The Morgan fingerprint density at radius 3 is 2.43 bits per heavy atom. The molecule has 0 saturated carbocycles. The topological polar surface area (TPSA) is 113 Å². The molecule has 8 nitrogen and oxygen atoms in total. The van der Waals surface area contributed by atoms with Crippen molar-refractivity contribution in [1.29, 1.82) is 0 Å². The normalized spacial score (nSPS) is 14.2. The summed E-state index contributed by atoms with van der Waals surface area (Å²) in [6, 6.07) is 15.1. The molecular weight excluding hydrogens is 539 g/mol. The second kappa shape index (κ2) is 11.1. The van der Waals surface area contributed by atoms with Crippen LogP contribution in [0.3, 0.4) is 0 Å². The van der Waals surface area contributed by atoms with Gasteiger partial charge >= 0.3 is 5.97 Å². The Kier molecular flexibility index (Phi) is 7.87. The highest BCUT2D eigenvalue weighted by atomic mass is 35.5. The van der Waals surface area contributed by atoms with Crippen molar-refractivity contribution >= 4 is 69.8 Å². The number of methoxy groups -OCH3 is 1. The standard InChI is InChI=1S/C26H18Cl2N2O6S/c1-36-25(34)16-4-6-17(7-5-16)29-23(32)18-10-14(3-9-21(18)31)12-22-24(33)30(26(35)37-22)13-15-2-8-19(27)20(28)11-15/h2-12,31H,13H2,1H3,(H,29,32). The molecule has 1 heterocycles. The van der Waals surface area contributed by atoms with Crippen molar-refractivity contribution in [3.63, 3.8) is 0 Å². The summed E-state index contributed by atoms with van der Waals surface area (Å²) in [6.07, 6.45) is 1.47. The molecule has 1 saturated heterocycles. The maximum Gasteiger partial charge on any atom is 0.337 e. The Bertz CT molecular complexity index is 1460. The van der Waals surface area contributed by atoms with Gasteiger partial charge in [0.05, 0.1) is 39.7 Å². The number of amides is 3. The van der Waals surface area contributed by atoms with Gasteiger partial charge < -0.3 is 15.2 Å². The monoisotopic (exact) mass is 556 g/mol. The van der Waals surface area contributed by atoms with E-state index in [0.29, 0.717) is 32.4 Å². The van der Waals surface area contributed by atoms with Crippen LogP contribution in [0.4, 0.5) is 10.5 Å². The highest BCUT2D eigenvalue weighted by Crippen LogP contribution is 2.34. The van der Waals surface area contributed by atoms with Gasteiger partial charge in [-0.05, 0) is 77.5 Å². The maximum absolute atomic E-state index is 12.9. The van der Waals surface area contributed by atoms with Crippen molar-refractivity contribution in [1.82, 2.24) is 4.90 Å². The summed E-state index contributed by atoms with van der Waals surface area (Å²) in [6.45, 7) is 0.0247. The quantitative estimate of drug-likeness (QED) is 0.284. The lowest BCUT2D eigenvalue weighted by atomic mass is 10.1. The zero-order valence-corrected chi connectivity index (χ0v) is 21.5. The van der Waals surface area contributed by atoms with Crippen molar-refractivity contribution in [2.45, 2.75) is 6.54 Å². The number of rotatable bonds is 6. The van der Waals surface area contributed by atoms with Crippen LogP contribution in [0.15, 0.2) is 65.6 Å². The van der Waals surface area contributed by atoms with E-state index in [4.69, 9.17) is 23.2 Å². The van der Waals surface area contributed by atoms with E-state index in [-0.39, 0.29) is 22.8 Å². The molecule has 3 aromatic rings. The number of halogens is 2. The average molecular weight is 557 g/mol. The number of phenols is 1. The predicted octanol–water partition coefficient (Wildman–Crippen LogP) is 5.97. The van der Waals surface area contributed by atoms with Crippen LogP contribution in [0, 0.1) is 0 Å². The van der Waals surface area contributed by atoms with E-state index in [0.717, 1.165) is 16.7 Å². The zero-order valence-electron chi connectivity index (χ0n) is 19.2. The van der Waals surface area contributed by atoms with E-state index in [1.165, 1.54) is 55.7 Å². The Morgan fingerprint density at radius 2 is 1.76 bits per heavy atom. The Morgan fingerprint density at radius 1 is 1.03 bits per heavy atom. The molecule has 3 amide bonds. The molecule has 0 spiro atoms. The number of thioether (sulfide) groups is 1. The van der Waals surface area contributed by atoms with Crippen molar-refractivity contribution in [2.24, 2.45) is 0 Å². The Balaban J connectivity index is 1.51. The number of aromatic hydroxyl groups is 1. The lowest BCUT2D eigenvalue weighted by molar-refractivity contribution is -0.123. The lowest BCUT2D eigenvalue weighted by Crippen LogP contribution is -2.27. The van der Waals surface area contributed by atoms with Crippen LogP contribution in [0.2, 0.25) is 10.0 Å². The van der Waals surface area contributed by atoms with Crippen molar-refractivity contribution in [3.05, 3.63) is 97.9 Å². The minimum atomic E-state index is -0.605. The third-order valence-corrected chi connectivity index (χ3v) is 6.97. The fourth-order valence-electron chi connectivity index (χ4n) is 3.44. The van der Waals surface area contributed by atoms with Gasteiger partial charge in [0.15, 0.2) is 0 Å². The lowest BCUT2D eigenvalue weighted by Gasteiger charge is -2.13. The molecule has 0 bridgehead atoms. The number of esters is 1. The van der Waals surface area contributed by atoms with Crippen LogP contribution >= 0.6 is 35.0 Å². The average Bonchev–Trinajstić information content (AvgIpc) is 3.14. The summed E-state index contributed by atoms with van der Waals surface area (Å²) < 4.78 is 4.64. The summed E-state index contributed by atoms with van der Waals surface area (Å²) in [4.78, 5) is 51.0. The second-order valence-corrected chi connectivity index (χ2v) is 9.62. The Labute approximate surface area is 225 Å². The van der Waals surface area contributed by atoms with Crippen LogP contribution in [0.5, 0.6) is 5.75 Å². The molecule has 0 radical (unpaired) electrons. The summed E-state index contributed by atoms with van der Waals surface area (Å²) in [5, 5.41) is 13.1. The largest absolute Gasteiger partial charge is 0.507 e. The first-order valence-corrected chi connectivity index (χ1v) is 12.3. The number of imide groups is 1. The van der Waals surface area contributed by atoms with E-state index in [1.54, 1.807) is 18.2 Å². The summed E-state index contributed by atoms with van der Waals surface area (Å²) in [7, 11) is 1.27. The van der Waals surface area contributed by atoms with Crippen molar-refractivity contribution in [3.8, 4) is 5.75 Å². The van der Waals surface area contributed by atoms with Gasteiger partial charge in [-0.25, -0.2) is 4.79 Å². The van der Waals surface area contributed by atoms with E-state index in [2.05, 4.69) is 10.1 Å². The molecule has 2 N–H and O–H groups in total. The predicted molar refractivity (Wildman–Crippen MR) is 142 cm³/mol. The van der Waals surface area contributed by atoms with Gasteiger partial charge in [0.2, 0.25) is 0 Å². The molecule has 1 aliphatic rings. The van der Waals surface area contributed by atoms with Crippen LogP contribution in [0.25, 0.3) is 6.08 Å². The summed E-state index contributed by atoms with van der Waals surface area (Å²) in [5.74, 6) is -1.88. The van der Waals surface area contributed by atoms with Crippen LogP contribution in [-0.4, -0.2) is 40.1 Å². The third kappa shape index (κ3) is 5.96. The van der Waals surface area contributed by atoms with Gasteiger partial charge in [0, 0.05) is 5.69 Å². The van der Waals surface area contributed by atoms with Gasteiger partial charge in [0.1, 0.15) is 5.75 Å². The van der Waals surface area contributed by atoms with Crippen LogP contribution in [0.1, 0.15) is 31.8 Å². The van der Waals surface area contributed by atoms with Gasteiger partial charge in [-0.15, -0.1) is 0 Å². The van der Waals surface area contributed by atoms with Gasteiger partial charge in [-0.2, -0.15) is 0 Å². The second-order valence-electron chi connectivity index (χ2n) is 7.82. The highest BCUT2D eigenvalue weighted by Gasteiger charge is 2.35. The molecule has 1 fully saturated rings. The molecule has 0 aliphatic carbocycles. The molecule has 37 heavy (non-hydrogen) atoms. The first kappa shape index (κ1) is 26.3. The number of hydrogen-bond donors (Lipinski definition) is 2. The van der Waals surface area contributed by atoms with E-state index in [1.807, 2.05) is 0 Å². The number of nitrogens with zero attached hydrogens (tertiary/aromatic N) is 1. The zero-order chi connectivity index (χ0) is 26.7. The number of anilines is 1. The number of benzene rings is 3. The summed E-state index contributed by atoms with van der Waals surface area (Å²) in [5.41, 5.74) is 1.75.